The van der Waals surface area contributed by atoms with Gasteiger partial charge < -0.3 is 0 Å². The Labute approximate surface area is 130 Å². The van der Waals surface area contributed by atoms with Gasteiger partial charge in [-0.25, -0.2) is 0 Å². The summed E-state index contributed by atoms with van der Waals surface area (Å²) in [4.78, 5) is 10.3. The van der Waals surface area contributed by atoms with Crippen molar-refractivity contribution < 1.29 is 27.9 Å². The first kappa shape index (κ1) is 17.5. The molecule has 0 saturated heterocycles. The minimum atomic E-state index is -2.11. The molecule has 0 fully saturated rings. The summed E-state index contributed by atoms with van der Waals surface area (Å²) in [7, 11) is 13.3. The Kier molecular flexibility index (Phi) is 7.03. The molecule has 2 atom stereocenters. The molecule has 1 rings (SSSR count). The van der Waals surface area contributed by atoms with Crippen molar-refractivity contribution in [2.75, 3.05) is 7.11 Å². The maximum absolute atomic E-state index is 10.8. The third-order valence-electron chi connectivity index (χ3n) is 2.74. The second-order valence-electron chi connectivity index (χ2n) is 4.05. The summed E-state index contributed by atoms with van der Waals surface area (Å²) in [5, 5.41) is 10.8. The van der Waals surface area contributed by atoms with Gasteiger partial charge in [0, 0.05) is 0 Å². The number of hydrogen-bond acceptors (Lipinski definition) is 4. The number of nitro groups is 1. The summed E-state index contributed by atoms with van der Waals surface area (Å²) >= 11 is -2.11. The van der Waals surface area contributed by atoms with Gasteiger partial charge in [-0.3, -0.25) is 0 Å². The standard InChI is InChI=1S/C12H15NO4.2ClH.Ru/c1-8-7-11(13(14)15)5-6-12(8)17-10(3)9(2)16-4;;;/h1,5-7,9-10H,2-4H3;2*1H;/q;;;+2/p-2. The Morgan fingerprint density at radius 2 is 2.00 bits per heavy atom. The normalized spacial score (nSPS) is 14.3. The van der Waals surface area contributed by atoms with Crippen LogP contribution in [0.15, 0.2) is 18.2 Å². The number of nitro benzene ring substituents is 1. The molecule has 8 heteroatoms. The predicted molar refractivity (Wildman–Crippen MR) is 76.5 cm³/mol. The number of nitrogens with zero attached hydrogens (tertiary/aromatic N) is 1. The number of ether oxygens (including phenoxy) is 2. The number of non-ortho nitro benzene ring substituents is 1. The molecule has 0 saturated carbocycles. The molecule has 0 bridgehead atoms. The van der Waals surface area contributed by atoms with Gasteiger partial charge in [-0.05, 0) is 0 Å². The van der Waals surface area contributed by atoms with E-state index in [4.69, 9.17) is 28.9 Å². The van der Waals surface area contributed by atoms with E-state index in [1.807, 2.05) is 13.8 Å². The summed E-state index contributed by atoms with van der Waals surface area (Å²) in [6.45, 7) is 3.73. The summed E-state index contributed by atoms with van der Waals surface area (Å²) in [5.41, 5.74) is 0.512. The van der Waals surface area contributed by atoms with Gasteiger partial charge in [0.05, 0.1) is 0 Å². The van der Waals surface area contributed by atoms with Gasteiger partial charge in [-0.15, -0.1) is 0 Å². The summed E-state index contributed by atoms with van der Waals surface area (Å²) in [6, 6.07) is 4.34. The van der Waals surface area contributed by atoms with E-state index < -0.39 is 18.4 Å². The van der Waals surface area contributed by atoms with E-state index in [-0.39, 0.29) is 17.9 Å². The van der Waals surface area contributed by atoms with Gasteiger partial charge in [0.1, 0.15) is 0 Å². The molecule has 0 aliphatic rings. The molecule has 0 aromatic heterocycles. The maximum atomic E-state index is 10.8. The zero-order valence-corrected chi connectivity index (χ0v) is 14.4. The third kappa shape index (κ3) is 5.09. The molecule has 0 N–H and O–H groups in total. The minimum absolute atomic E-state index is 0.0280. The molecule has 1 aromatic rings. The monoisotopic (exact) mass is 409 g/mol. The second-order valence-corrected chi connectivity index (χ2v) is 9.77. The average molecular weight is 409 g/mol. The molecule has 0 aliphatic carbocycles. The number of methoxy groups -OCH3 is 1. The molecule has 1 aromatic carbocycles. The second kappa shape index (κ2) is 8.03. The van der Waals surface area contributed by atoms with Crippen LogP contribution < -0.4 is 4.74 Å². The molecule has 5 nitrogen and oxygen atoms in total. The van der Waals surface area contributed by atoms with Crippen LogP contribution in [0.2, 0.25) is 0 Å². The quantitative estimate of drug-likeness (QED) is 0.410. The van der Waals surface area contributed by atoms with E-state index in [2.05, 4.69) is 0 Å². The first-order valence-electron chi connectivity index (χ1n) is 5.66. The fourth-order valence-electron chi connectivity index (χ4n) is 1.41. The van der Waals surface area contributed by atoms with Crippen LogP contribution in [0.25, 0.3) is 0 Å². The van der Waals surface area contributed by atoms with Crippen LogP contribution in [-0.2, 0) is 18.3 Å². The first-order chi connectivity index (χ1) is 9.35. The van der Waals surface area contributed by atoms with Crippen LogP contribution in [0.3, 0.4) is 0 Å². The van der Waals surface area contributed by atoms with E-state index in [9.17, 15) is 10.1 Å². The van der Waals surface area contributed by atoms with Gasteiger partial charge >= 0.3 is 130 Å². The van der Waals surface area contributed by atoms with Crippen LogP contribution in [0.5, 0.6) is 5.75 Å². The van der Waals surface area contributed by atoms with Crippen molar-refractivity contribution in [3.05, 3.63) is 33.9 Å². The van der Waals surface area contributed by atoms with Gasteiger partial charge in [-0.1, -0.05) is 0 Å². The Morgan fingerprint density at radius 3 is 2.50 bits per heavy atom. The molecule has 114 valence electrons. The molecular formula is C12H15Cl2NO4Ru. The SMILES string of the molecule is COC(C)C(C)Oc1ccc([N+](=O)[O-])cc1[CH]=[Ru]([Cl])[Cl]. The number of benzene rings is 1. The summed E-state index contributed by atoms with van der Waals surface area (Å²) in [5.74, 6) is 0.506. The van der Waals surface area contributed by atoms with E-state index in [1.54, 1.807) is 17.8 Å². The van der Waals surface area contributed by atoms with Crippen LogP contribution in [-0.4, -0.2) is 28.9 Å². The summed E-state index contributed by atoms with van der Waals surface area (Å²) < 4.78 is 12.6. The molecule has 20 heavy (non-hydrogen) atoms. The molecule has 0 spiro atoms. The van der Waals surface area contributed by atoms with E-state index in [0.717, 1.165) is 0 Å². The summed E-state index contributed by atoms with van der Waals surface area (Å²) in [6.07, 6.45) is -0.321. The number of rotatable bonds is 6. The fourth-order valence-corrected chi connectivity index (χ4v) is 3.19. The predicted octanol–water partition coefficient (Wildman–Crippen LogP) is 3.47. The van der Waals surface area contributed by atoms with Gasteiger partial charge in [0.2, 0.25) is 0 Å². The van der Waals surface area contributed by atoms with Crippen LogP contribution in [0.1, 0.15) is 19.4 Å². The van der Waals surface area contributed by atoms with Gasteiger partial charge in [-0.2, -0.15) is 0 Å². The Hall–Kier alpha value is -0.547. The van der Waals surface area contributed by atoms with Crippen molar-refractivity contribution in [3.63, 3.8) is 0 Å². The van der Waals surface area contributed by atoms with E-state index >= 15 is 0 Å². The Balaban J connectivity index is 3.12. The van der Waals surface area contributed by atoms with Crippen molar-refractivity contribution in [2.24, 2.45) is 0 Å². The van der Waals surface area contributed by atoms with E-state index in [1.165, 1.54) is 12.1 Å². The molecule has 0 heterocycles. The Morgan fingerprint density at radius 1 is 1.35 bits per heavy atom. The average Bonchev–Trinajstić information content (AvgIpc) is 2.38. The fraction of sp³-hybridized carbons (Fsp3) is 0.417. The van der Waals surface area contributed by atoms with Crippen LogP contribution in [0.4, 0.5) is 5.69 Å². The Bertz CT molecular complexity index is 520. The van der Waals surface area contributed by atoms with Crippen molar-refractivity contribution in [1.29, 1.82) is 0 Å². The zero-order chi connectivity index (χ0) is 15.3. The van der Waals surface area contributed by atoms with Crippen molar-refractivity contribution in [1.82, 2.24) is 0 Å². The molecule has 0 aliphatic heterocycles. The molecule has 2 unspecified atom stereocenters. The topological polar surface area (TPSA) is 61.6 Å². The van der Waals surface area contributed by atoms with E-state index in [0.29, 0.717) is 11.3 Å². The zero-order valence-electron chi connectivity index (χ0n) is 11.2. The number of hydrogen-bond donors (Lipinski definition) is 0. The van der Waals surface area contributed by atoms with Crippen molar-refractivity contribution in [3.8, 4) is 5.75 Å². The van der Waals surface area contributed by atoms with Gasteiger partial charge in [0.15, 0.2) is 0 Å². The van der Waals surface area contributed by atoms with Crippen LogP contribution in [0, 0.1) is 10.1 Å². The number of halogens is 2. The first-order valence-corrected chi connectivity index (χ1v) is 11.1. The van der Waals surface area contributed by atoms with Crippen LogP contribution >= 0.6 is 19.4 Å². The third-order valence-corrected chi connectivity index (χ3v) is 4.57. The van der Waals surface area contributed by atoms with Gasteiger partial charge in [0.25, 0.3) is 0 Å². The van der Waals surface area contributed by atoms with Crippen molar-refractivity contribution >= 4 is 29.7 Å². The molecule has 0 amide bonds. The van der Waals surface area contributed by atoms with Crippen molar-refractivity contribution in [2.45, 2.75) is 26.1 Å². The molecule has 0 radical (unpaired) electrons. The molecular weight excluding hydrogens is 394 g/mol.